The fourth-order valence-electron chi connectivity index (χ4n) is 5.88. The van der Waals surface area contributed by atoms with Gasteiger partial charge in [-0.3, -0.25) is 0 Å². The van der Waals surface area contributed by atoms with Crippen LogP contribution in [0.3, 0.4) is 0 Å². The molecule has 1 saturated carbocycles. The van der Waals surface area contributed by atoms with Crippen LogP contribution in [0, 0.1) is 5.92 Å². The van der Waals surface area contributed by atoms with Crippen LogP contribution in [-0.2, 0) is 0 Å². The topological polar surface area (TPSA) is 0 Å². The van der Waals surface area contributed by atoms with Gasteiger partial charge in [-0.05, 0) is 35.6 Å². The summed E-state index contributed by atoms with van der Waals surface area (Å²) in [7, 11) is -2.02. The molecular formula is C27H39BSi. The Balaban J connectivity index is 2.31. The van der Waals surface area contributed by atoms with E-state index in [1.165, 1.54) is 51.2 Å². The van der Waals surface area contributed by atoms with Crippen molar-refractivity contribution >= 4 is 25.2 Å². The molecule has 0 nitrogen and oxygen atoms in total. The van der Waals surface area contributed by atoms with Crippen LogP contribution >= 0.6 is 0 Å². The molecular weight excluding hydrogens is 363 g/mol. The van der Waals surface area contributed by atoms with Crippen LogP contribution in [0.5, 0.6) is 0 Å². The molecule has 0 aromatic heterocycles. The fraction of sp³-hybridized carbons (Fsp3) is 0.481. The van der Waals surface area contributed by atoms with Crippen molar-refractivity contribution in [3.8, 4) is 0 Å². The van der Waals surface area contributed by atoms with E-state index < -0.39 is 8.07 Å². The maximum atomic E-state index is 2.65. The van der Waals surface area contributed by atoms with Crippen LogP contribution in [0.2, 0.25) is 19.2 Å². The Kier molecular flexibility index (Phi) is 8.00. The van der Waals surface area contributed by atoms with Crippen molar-refractivity contribution < 1.29 is 0 Å². The highest BCUT2D eigenvalue weighted by Crippen LogP contribution is 2.38. The lowest BCUT2D eigenvalue weighted by Gasteiger charge is -2.41. The number of rotatable bonds is 8. The molecule has 3 rings (SSSR count). The lowest BCUT2D eigenvalue weighted by molar-refractivity contribution is 0.411. The van der Waals surface area contributed by atoms with Gasteiger partial charge in [0.05, 0.1) is 0 Å². The first-order valence-electron chi connectivity index (χ1n) is 12.0. The molecule has 1 aliphatic rings. The van der Waals surface area contributed by atoms with Crippen LogP contribution in [0.25, 0.3) is 0 Å². The molecule has 2 aromatic rings. The van der Waals surface area contributed by atoms with E-state index in [9.17, 15) is 0 Å². The second kappa shape index (κ2) is 10.5. The number of benzene rings is 2. The van der Waals surface area contributed by atoms with Crippen molar-refractivity contribution in [2.75, 3.05) is 0 Å². The van der Waals surface area contributed by atoms with Gasteiger partial charge >= 0.3 is 0 Å². The quantitative estimate of drug-likeness (QED) is 0.427. The third-order valence-corrected chi connectivity index (χ3v) is 12.2. The number of hydrogen-bond acceptors (Lipinski definition) is 0. The molecule has 1 aliphatic carbocycles. The second-order valence-electron chi connectivity index (χ2n) is 9.00. The fourth-order valence-corrected chi connectivity index (χ4v) is 10.7. The highest BCUT2D eigenvalue weighted by atomic mass is 28.3. The Labute approximate surface area is 180 Å². The van der Waals surface area contributed by atoms with Gasteiger partial charge in [-0.1, -0.05) is 125 Å². The predicted molar refractivity (Wildman–Crippen MR) is 134 cm³/mol. The maximum absolute atomic E-state index is 2.65. The highest BCUT2D eigenvalue weighted by Gasteiger charge is 2.41. The van der Waals surface area contributed by atoms with E-state index in [1.54, 1.807) is 10.4 Å². The third-order valence-electron chi connectivity index (χ3n) is 7.46. The summed E-state index contributed by atoms with van der Waals surface area (Å²) in [5, 5.41) is 5.07. The first-order valence-corrected chi connectivity index (χ1v) is 14.5. The van der Waals surface area contributed by atoms with Gasteiger partial charge in [0, 0.05) is 0 Å². The summed E-state index contributed by atoms with van der Waals surface area (Å²) in [4.78, 5) is 0. The van der Waals surface area contributed by atoms with Crippen molar-refractivity contribution in [2.24, 2.45) is 5.92 Å². The number of allylic oxidation sites excluding steroid dienone is 2. The molecule has 0 aliphatic heterocycles. The summed E-state index contributed by atoms with van der Waals surface area (Å²) in [5.74, 6) is 0.774. The van der Waals surface area contributed by atoms with Crippen LogP contribution in [0.1, 0.15) is 59.3 Å². The van der Waals surface area contributed by atoms with Crippen LogP contribution in [0.4, 0.5) is 0 Å². The molecule has 1 fully saturated rings. The van der Waals surface area contributed by atoms with E-state index in [1.807, 2.05) is 10.7 Å². The van der Waals surface area contributed by atoms with Gasteiger partial charge in [0.15, 0.2) is 6.71 Å². The lowest BCUT2D eigenvalue weighted by atomic mass is 9.40. The first kappa shape index (κ1) is 22.2. The second-order valence-corrected chi connectivity index (χ2v) is 12.9. The summed E-state index contributed by atoms with van der Waals surface area (Å²) in [6.07, 6.45) is 10.8. The van der Waals surface area contributed by atoms with Gasteiger partial charge in [0.25, 0.3) is 0 Å². The monoisotopic (exact) mass is 402 g/mol. The highest BCUT2D eigenvalue weighted by molar-refractivity contribution is 7.07. The average molecular weight is 403 g/mol. The van der Waals surface area contributed by atoms with Crippen molar-refractivity contribution in [1.82, 2.24) is 0 Å². The first-order chi connectivity index (χ1) is 14.2. The van der Waals surface area contributed by atoms with Gasteiger partial charge in [-0.15, -0.1) is 5.47 Å². The molecule has 0 atom stereocenters. The normalized spacial score (nSPS) is 16.4. The Morgan fingerprint density at radius 3 is 1.69 bits per heavy atom. The van der Waals surface area contributed by atoms with Gasteiger partial charge in [0.1, 0.15) is 8.07 Å². The van der Waals surface area contributed by atoms with E-state index in [0.717, 1.165) is 12.6 Å². The maximum Gasteiger partial charge on any atom is 0.169 e. The summed E-state index contributed by atoms with van der Waals surface area (Å²) >= 11 is 0. The van der Waals surface area contributed by atoms with E-state index in [0.29, 0.717) is 0 Å². The largest absolute Gasteiger partial charge is 0.169 e. The van der Waals surface area contributed by atoms with Gasteiger partial charge < -0.3 is 0 Å². The SMILES string of the molecule is CCB(CC)/C(CC)=C(/C1CCCCC1)[Si](C)(c1ccccc1)c1ccccc1. The van der Waals surface area contributed by atoms with Crippen molar-refractivity contribution in [2.45, 2.75) is 78.5 Å². The van der Waals surface area contributed by atoms with E-state index in [4.69, 9.17) is 0 Å². The zero-order valence-electron chi connectivity index (χ0n) is 19.1. The Hall–Kier alpha value is -1.54. The Bertz CT molecular complexity index is 731. The van der Waals surface area contributed by atoms with E-state index >= 15 is 0 Å². The molecule has 0 N–H and O–H groups in total. The molecule has 0 unspecified atom stereocenters. The van der Waals surface area contributed by atoms with Crippen molar-refractivity contribution in [3.05, 3.63) is 71.3 Å². The minimum absolute atomic E-state index is 0.733. The summed E-state index contributed by atoms with van der Waals surface area (Å²) < 4.78 is 0. The number of hydrogen-bond donors (Lipinski definition) is 0. The average Bonchev–Trinajstić information content (AvgIpc) is 2.80. The third kappa shape index (κ3) is 4.63. The summed E-state index contributed by atoms with van der Waals surface area (Å²) in [6.45, 7) is 10.6. The minimum Gasteiger partial charge on any atom is -0.105 e. The van der Waals surface area contributed by atoms with Gasteiger partial charge in [-0.25, -0.2) is 0 Å². The zero-order valence-corrected chi connectivity index (χ0v) is 20.1. The van der Waals surface area contributed by atoms with Crippen molar-refractivity contribution in [3.63, 3.8) is 0 Å². The predicted octanol–water partition coefficient (Wildman–Crippen LogP) is 6.78. The molecule has 2 aromatic carbocycles. The summed E-state index contributed by atoms with van der Waals surface area (Å²) in [6, 6.07) is 23.0. The van der Waals surface area contributed by atoms with E-state index in [2.05, 4.69) is 88.0 Å². The van der Waals surface area contributed by atoms with E-state index in [-0.39, 0.29) is 0 Å². The molecule has 154 valence electrons. The summed E-state index contributed by atoms with van der Waals surface area (Å²) in [5.41, 5.74) is 1.81. The molecule has 0 radical (unpaired) electrons. The molecule has 0 amide bonds. The zero-order chi connectivity index (χ0) is 20.7. The molecule has 0 bridgehead atoms. The molecule has 2 heteroatoms. The van der Waals surface area contributed by atoms with Gasteiger partial charge in [-0.2, -0.15) is 0 Å². The smallest absolute Gasteiger partial charge is 0.105 e. The Morgan fingerprint density at radius 2 is 1.28 bits per heavy atom. The van der Waals surface area contributed by atoms with Crippen LogP contribution < -0.4 is 10.4 Å². The van der Waals surface area contributed by atoms with Crippen LogP contribution in [0.15, 0.2) is 71.3 Å². The molecule has 29 heavy (non-hydrogen) atoms. The van der Waals surface area contributed by atoms with Gasteiger partial charge in [0.2, 0.25) is 0 Å². The van der Waals surface area contributed by atoms with Crippen molar-refractivity contribution in [1.29, 1.82) is 0 Å². The van der Waals surface area contributed by atoms with Crippen LogP contribution in [-0.4, -0.2) is 14.8 Å². The Morgan fingerprint density at radius 1 is 0.793 bits per heavy atom. The lowest BCUT2D eigenvalue weighted by Crippen LogP contribution is -2.60. The molecule has 0 heterocycles. The molecule has 0 spiro atoms. The standard InChI is InChI=1S/C27H39BSi/c1-5-26(28(6-2)7-3)27(23-17-11-8-12-18-23)29(4,24-19-13-9-14-20-24)25-21-15-10-16-22-25/h9-10,13-16,19-23H,5-8,11-12,17-18H2,1-4H3/b27-26-. The molecule has 0 saturated heterocycles. The minimum atomic E-state index is -2.02.